The molecule has 4 atom stereocenters. The molecule has 0 aromatic carbocycles. The molecule has 2 rings (SSSR count). The van der Waals surface area contributed by atoms with Gasteiger partial charge >= 0.3 is 11.9 Å². The normalized spacial score (nSPS) is 33.4. The van der Waals surface area contributed by atoms with E-state index >= 15 is 0 Å². The highest BCUT2D eigenvalue weighted by molar-refractivity contribution is 5.69. The third kappa shape index (κ3) is 2.85. The van der Waals surface area contributed by atoms with Crippen LogP contribution in [0.25, 0.3) is 0 Å². The van der Waals surface area contributed by atoms with Gasteiger partial charge in [0.15, 0.2) is 0 Å². The summed E-state index contributed by atoms with van der Waals surface area (Å²) in [6, 6.07) is 0. The fraction of sp³-hybridized carbons (Fsp3) is 0.857. The predicted octanol–water partition coefficient (Wildman–Crippen LogP) is 2.31. The van der Waals surface area contributed by atoms with Crippen molar-refractivity contribution < 1.29 is 19.1 Å². The van der Waals surface area contributed by atoms with Crippen molar-refractivity contribution in [2.24, 2.45) is 17.8 Å². The zero-order valence-electron chi connectivity index (χ0n) is 11.2. The second-order valence-electron chi connectivity index (χ2n) is 5.41. The van der Waals surface area contributed by atoms with Gasteiger partial charge in [0, 0.05) is 12.8 Å². The summed E-state index contributed by atoms with van der Waals surface area (Å²) in [4.78, 5) is 22.4. The molecule has 0 aromatic heterocycles. The molecule has 2 fully saturated rings. The summed E-state index contributed by atoms with van der Waals surface area (Å²) in [5, 5.41) is 0. The fourth-order valence-electron chi connectivity index (χ4n) is 3.24. The van der Waals surface area contributed by atoms with Gasteiger partial charge in [-0.05, 0) is 37.0 Å². The zero-order chi connectivity index (χ0) is 13.1. The van der Waals surface area contributed by atoms with Gasteiger partial charge in [0.05, 0.1) is 6.61 Å². The third-order valence-electron chi connectivity index (χ3n) is 4.26. The topological polar surface area (TPSA) is 52.6 Å². The lowest BCUT2D eigenvalue weighted by Gasteiger charge is -2.27. The zero-order valence-corrected chi connectivity index (χ0v) is 11.2. The summed E-state index contributed by atoms with van der Waals surface area (Å²) in [5.41, 5.74) is 0. The van der Waals surface area contributed by atoms with Crippen molar-refractivity contribution in [2.45, 2.75) is 52.1 Å². The Kier molecular flexibility index (Phi) is 4.25. The Bertz CT molecular complexity index is 326. The molecular weight excluding hydrogens is 232 g/mol. The fourth-order valence-corrected chi connectivity index (χ4v) is 3.24. The molecule has 0 N–H and O–H groups in total. The summed E-state index contributed by atoms with van der Waals surface area (Å²) in [6.45, 7) is 4.17. The minimum Gasteiger partial charge on any atom is -0.465 e. The van der Waals surface area contributed by atoms with Gasteiger partial charge < -0.3 is 9.47 Å². The lowest BCUT2D eigenvalue weighted by molar-refractivity contribution is -0.152. The highest BCUT2D eigenvalue weighted by atomic mass is 16.5. The average molecular weight is 254 g/mol. The maximum atomic E-state index is 11.3. The Labute approximate surface area is 108 Å². The lowest BCUT2D eigenvalue weighted by atomic mass is 9.88. The van der Waals surface area contributed by atoms with Crippen LogP contribution in [-0.2, 0) is 19.1 Å². The highest BCUT2D eigenvalue weighted by Crippen LogP contribution is 2.49. The molecule has 0 aliphatic heterocycles. The Morgan fingerprint density at radius 2 is 1.72 bits per heavy atom. The van der Waals surface area contributed by atoms with Crippen LogP contribution in [0, 0.1) is 17.8 Å². The van der Waals surface area contributed by atoms with Crippen LogP contribution < -0.4 is 0 Å². The van der Waals surface area contributed by atoms with Gasteiger partial charge in [-0.25, -0.2) is 0 Å². The molecule has 4 unspecified atom stereocenters. The number of rotatable bonds is 5. The van der Waals surface area contributed by atoms with E-state index in [-0.39, 0.29) is 18.0 Å². The van der Waals surface area contributed by atoms with E-state index in [2.05, 4.69) is 0 Å². The Balaban J connectivity index is 1.76. The van der Waals surface area contributed by atoms with Crippen molar-refractivity contribution in [3.8, 4) is 0 Å². The van der Waals surface area contributed by atoms with Gasteiger partial charge in [0.2, 0.25) is 0 Å². The van der Waals surface area contributed by atoms with Crippen LogP contribution in [0.1, 0.15) is 46.0 Å². The average Bonchev–Trinajstić information content (AvgIpc) is 2.95. The molecule has 2 aliphatic carbocycles. The second-order valence-corrected chi connectivity index (χ2v) is 5.41. The molecule has 0 spiro atoms. The van der Waals surface area contributed by atoms with E-state index in [4.69, 9.17) is 9.47 Å². The van der Waals surface area contributed by atoms with Gasteiger partial charge in [-0.3, -0.25) is 9.59 Å². The predicted molar refractivity (Wildman–Crippen MR) is 65.7 cm³/mol. The maximum absolute atomic E-state index is 11.3. The van der Waals surface area contributed by atoms with E-state index < -0.39 is 0 Å². The number of esters is 2. The van der Waals surface area contributed by atoms with Crippen LogP contribution in [0.2, 0.25) is 0 Å². The quantitative estimate of drug-likeness (QED) is 0.706. The van der Waals surface area contributed by atoms with Gasteiger partial charge in [-0.1, -0.05) is 13.8 Å². The number of hydrogen-bond donors (Lipinski definition) is 0. The van der Waals surface area contributed by atoms with Gasteiger partial charge in [0.25, 0.3) is 0 Å². The molecule has 2 bridgehead atoms. The molecule has 102 valence electrons. The van der Waals surface area contributed by atoms with E-state index in [1.807, 2.05) is 13.8 Å². The first-order valence-corrected chi connectivity index (χ1v) is 6.99. The first kappa shape index (κ1) is 13.4. The highest BCUT2D eigenvalue weighted by Gasteiger charge is 2.47. The summed E-state index contributed by atoms with van der Waals surface area (Å²) in [7, 11) is 0. The number of hydrogen-bond acceptors (Lipinski definition) is 4. The SMILES string of the molecule is CCC(=O)OCC1CC2CC1CC2OC(=O)CC. The van der Waals surface area contributed by atoms with Gasteiger partial charge in [-0.15, -0.1) is 0 Å². The Morgan fingerprint density at radius 3 is 2.28 bits per heavy atom. The van der Waals surface area contributed by atoms with Crippen molar-refractivity contribution in [3.63, 3.8) is 0 Å². The molecule has 0 amide bonds. The number of ether oxygens (including phenoxy) is 2. The molecule has 0 radical (unpaired) electrons. The minimum absolute atomic E-state index is 0.0958. The van der Waals surface area contributed by atoms with Crippen molar-refractivity contribution in [1.82, 2.24) is 0 Å². The van der Waals surface area contributed by atoms with E-state index in [1.165, 1.54) is 0 Å². The van der Waals surface area contributed by atoms with Crippen LogP contribution in [0.4, 0.5) is 0 Å². The van der Waals surface area contributed by atoms with Crippen molar-refractivity contribution in [1.29, 1.82) is 0 Å². The van der Waals surface area contributed by atoms with E-state index in [0.717, 1.165) is 19.3 Å². The Morgan fingerprint density at radius 1 is 1.00 bits per heavy atom. The number of fused-ring (bicyclic) bond motifs is 2. The lowest BCUT2D eigenvalue weighted by Crippen LogP contribution is -2.29. The molecular formula is C14H22O4. The summed E-state index contributed by atoms with van der Waals surface area (Å²) >= 11 is 0. The van der Waals surface area contributed by atoms with E-state index in [9.17, 15) is 9.59 Å². The van der Waals surface area contributed by atoms with Crippen LogP contribution in [0.15, 0.2) is 0 Å². The van der Waals surface area contributed by atoms with Crippen LogP contribution in [-0.4, -0.2) is 24.6 Å². The maximum Gasteiger partial charge on any atom is 0.305 e. The van der Waals surface area contributed by atoms with Crippen molar-refractivity contribution in [3.05, 3.63) is 0 Å². The van der Waals surface area contributed by atoms with Crippen molar-refractivity contribution in [2.75, 3.05) is 6.61 Å². The summed E-state index contributed by atoms with van der Waals surface area (Å²) in [5.74, 6) is 1.31. The van der Waals surface area contributed by atoms with Gasteiger partial charge in [-0.2, -0.15) is 0 Å². The second kappa shape index (κ2) is 5.72. The molecule has 18 heavy (non-hydrogen) atoms. The number of carbonyl (C=O) groups is 2. The summed E-state index contributed by atoms with van der Waals surface area (Å²) in [6.07, 6.45) is 4.10. The molecule has 4 nitrogen and oxygen atoms in total. The van der Waals surface area contributed by atoms with E-state index in [0.29, 0.717) is 37.2 Å². The number of carbonyl (C=O) groups excluding carboxylic acids is 2. The monoisotopic (exact) mass is 254 g/mol. The van der Waals surface area contributed by atoms with Crippen LogP contribution >= 0.6 is 0 Å². The van der Waals surface area contributed by atoms with Gasteiger partial charge in [0.1, 0.15) is 6.10 Å². The minimum atomic E-state index is -0.119. The van der Waals surface area contributed by atoms with E-state index in [1.54, 1.807) is 0 Å². The molecule has 0 heterocycles. The van der Waals surface area contributed by atoms with Crippen molar-refractivity contribution >= 4 is 11.9 Å². The third-order valence-corrected chi connectivity index (χ3v) is 4.26. The molecule has 0 saturated heterocycles. The molecule has 2 aliphatic rings. The molecule has 4 heteroatoms. The summed E-state index contributed by atoms with van der Waals surface area (Å²) < 4.78 is 10.7. The van der Waals surface area contributed by atoms with Crippen LogP contribution in [0.5, 0.6) is 0 Å². The largest absolute Gasteiger partial charge is 0.465 e. The first-order chi connectivity index (χ1) is 8.63. The molecule has 2 saturated carbocycles. The standard InChI is InChI=1S/C14H22O4/c1-3-13(15)17-8-11-6-10-5-9(11)7-12(10)18-14(16)4-2/h9-12H,3-8H2,1-2H3. The Hall–Kier alpha value is -1.06. The first-order valence-electron chi connectivity index (χ1n) is 6.99. The van der Waals surface area contributed by atoms with Crippen LogP contribution in [0.3, 0.4) is 0 Å². The smallest absolute Gasteiger partial charge is 0.305 e. The molecule has 0 aromatic rings.